The average Bonchev–Trinajstić information content (AvgIpc) is 2.66. The molecule has 3 aromatic rings. The lowest BCUT2D eigenvalue weighted by Crippen LogP contribution is -2.04. The van der Waals surface area contributed by atoms with Crippen LogP contribution in [0, 0.1) is 0 Å². The number of esters is 1. The van der Waals surface area contributed by atoms with Crippen molar-refractivity contribution in [3.05, 3.63) is 66.2 Å². The lowest BCUT2D eigenvalue weighted by Gasteiger charge is -2.08. The molecule has 0 aliphatic rings. The zero-order valence-corrected chi connectivity index (χ0v) is 14.1. The minimum Gasteiger partial charge on any atom is -0.497 e. The summed E-state index contributed by atoms with van der Waals surface area (Å²) in [5.41, 5.74) is 1.58. The molecule has 0 fully saturated rings. The summed E-state index contributed by atoms with van der Waals surface area (Å²) in [5.74, 6) is 0.341. The van der Waals surface area contributed by atoms with Gasteiger partial charge in [-0.05, 0) is 42.6 Å². The fourth-order valence-electron chi connectivity index (χ4n) is 2.49. The summed E-state index contributed by atoms with van der Waals surface area (Å²) in [4.78, 5) is 12.3. The maximum absolute atomic E-state index is 12.3. The van der Waals surface area contributed by atoms with Crippen LogP contribution < -0.4 is 4.74 Å². The van der Waals surface area contributed by atoms with Crippen LogP contribution in [0.15, 0.2) is 70.9 Å². The third-order valence-electron chi connectivity index (χ3n) is 3.73. The van der Waals surface area contributed by atoms with Crippen LogP contribution in [0.5, 0.6) is 5.75 Å². The molecule has 0 saturated carbocycles. The number of rotatable bonds is 5. The molecular weight excluding hydrogens is 316 g/mol. The lowest BCUT2D eigenvalue weighted by molar-refractivity contribution is 0.0527. The minimum absolute atomic E-state index is 0.306. The van der Waals surface area contributed by atoms with Gasteiger partial charge in [-0.3, -0.25) is 0 Å². The fourth-order valence-corrected chi connectivity index (χ4v) is 2.49. The van der Waals surface area contributed by atoms with Gasteiger partial charge in [0, 0.05) is 5.39 Å². The first-order chi connectivity index (χ1) is 12.2. The molecule has 126 valence electrons. The Hall–Kier alpha value is -3.21. The van der Waals surface area contributed by atoms with Crippen LogP contribution in [0.3, 0.4) is 0 Å². The molecule has 0 saturated heterocycles. The highest BCUT2D eigenvalue weighted by Gasteiger charge is 2.15. The molecule has 0 amide bonds. The first-order valence-corrected chi connectivity index (χ1v) is 7.97. The SMILES string of the molecule is CCOC(=O)c1ccc2ccccc2c1N=Nc1ccc(OC)cc1. The molecule has 0 bridgehead atoms. The molecule has 0 unspecified atom stereocenters. The largest absolute Gasteiger partial charge is 0.497 e. The molecule has 0 radical (unpaired) electrons. The third kappa shape index (κ3) is 3.66. The van der Waals surface area contributed by atoms with Gasteiger partial charge in [0.05, 0.1) is 25.0 Å². The van der Waals surface area contributed by atoms with Gasteiger partial charge in [-0.2, -0.15) is 5.11 Å². The van der Waals surface area contributed by atoms with Crippen molar-refractivity contribution in [2.45, 2.75) is 6.92 Å². The van der Waals surface area contributed by atoms with Crippen molar-refractivity contribution in [1.29, 1.82) is 0 Å². The third-order valence-corrected chi connectivity index (χ3v) is 3.73. The highest BCUT2D eigenvalue weighted by Crippen LogP contribution is 2.32. The Morgan fingerprint density at radius 2 is 1.72 bits per heavy atom. The first kappa shape index (κ1) is 16.6. The molecule has 3 rings (SSSR count). The van der Waals surface area contributed by atoms with Crippen LogP contribution in [-0.4, -0.2) is 19.7 Å². The Morgan fingerprint density at radius 3 is 2.44 bits per heavy atom. The van der Waals surface area contributed by atoms with Crippen LogP contribution in [-0.2, 0) is 4.74 Å². The summed E-state index contributed by atoms with van der Waals surface area (Å²) >= 11 is 0. The number of nitrogens with zero attached hydrogens (tertiary/aromatic N) is 2. The van der Waals surface area contributed by atoms with Gasteiger partial charge in [-0.25, -0.2) is 4.79 Å². The Kier molecular flexibility index (Phi) is 5.04. The summed E-state index contributed by atoms with van der Waals surface area (Å²) in [6.07, 6.45) is 0. The number of methoxy groups -OCH3 is 1. The van der Waals surface area contributed by atoms with Crippen molar-refractivity contribution in [2.75, 3.05) is 13.7 Å². The zero-order valence-electron chi connectivity index (χ0n) is 14.1. The number of hydrogen-bond donors (Lipinski definition) is 0. The van der Waals surface area contributed by atoms with E-state index in [2.05, 4.69) is 10.2 Å². The average molecular weight is 334 g/mol. The van der Waals surface area contributed by atoms with Crippen molar-refractivity contribution in [3.8, 4) is 5.75 Å². The van der Waals surface area contributed by atoms with E-state index in [0.29, 0.717) is 23.5 Å². The molecule has 0 atom stereocenters. The highest BCUT2D eigenvalue weighted by molar-refractivity contribution is 6.05. The number of ether oxygens (including phenoxy) is 2. The predicted molar refractivity (Wildman–Crippen MR) is 97.1 cm³/mol. The predicted octanol–water partition coefficient (Wildman–Crippen LogP) is 5.44. The minimum atomic E-state index is -0.406. The van der Waals surface area contributed by atoms with E-state index in [1.54, 1.807) is 32.2 Å². The Bertz CT molecular complexity index is 918. The number of carbonyl (C=O) groups excluding carboxylic acids is 1. The second-order valence-electron chi connectivity index (χ2n) is 5.30. The van der Waals surface area contributed by atoms with Crippen LogP contribution in [0.4, 0.5) is 11.4 Å². The van der Waals surface area contributed by atoms with Gasteiger partial charge >= 0.3 is 5.97 Å². The zero-order chi connectivity index (χ0) is 17.6. The molecule has 5 heteroatoms. The Morgan fingerprint density at radius 1 is 0.960 bits per heavy atom. The molecule has 5 nitrogen and oxygen atoms in total. The summed E-state index contributed by atoms with van der Waals surface area (Å²) < 4.78 is 10.3. The summed E-state index contributed by atoms with van der Waals surface area (Å²) in [5, 5.41) is 10.5. The van der Waals surface area contributed by atoms with E-state index in [4.69, 9.17) is 9.47 Å². The van der Waals surface area contributed by atoms with Gasteiger partial charge < -0.3 is 9.47 Å². The summed E-state index contributed by atoms with van der Waals surface area (Å²) in [7, 11) is 1.61. The second kappa shape index (κ2) is 7.57. The molecule has 0 aromatic heterocycles. The molecule has 0 aliphatic carbocycles. The first-order valence-electron chi connectivity index (χ1n) is 7.97. The Balaban J connectivity index is 2.06. The number of azo groups is 1. The van der Waals surface area contributed by atoms with Gasteiger partial charge in [-0.1, -0.05) is 30.3 Å². The van der Waals surface area contributed by atoms with E-state index in [-0.39, 0.29) is 0 Å². The molecule has 25 heavy (non-hydrogen) atoms. The maximum Gasteiger partial charge on any atom is 0.340 e. The van der Waals surface area contributed by atoms with E-state index in [9.17, 15) is 4.79 Å². The van der Waals surface area contributed by atoms with E-state index in [1.165, 1.54) is 0 Å². The van der Waals surface area contributed by atoms with Gasteiger partial charge in [0.1, 0.15) is 11.4 Å². The van der Waals surface area contributed by atoms with Gasteiger partial charge in [0.2, 0.25) is 0 Å². The molecule has 3 aromatic carbocycles. The second-order valence-corrected chi connectivity index (χ2v) is 5.30. The maximum atomic E-state index is 12.3. The van der Waals surface area contributed by atoms with Crippen molar-refractivity contribution < 1.29 is 14.3 Å². The summed E-state index contributed by atoms with van der Waals surface area (Å²) in [6, 6.07) is 18.6. The fraction of sp³-hybridized carbons (Fsp3) is 0.150. The van der Waals surface area contributed by atoms with Gasteiger partial charge in [-0.15, -0.1) is 5.11 Å². The number of carbonyl (C=O) groups is 1. The van der Waals surface area contributed by atoms with Crippen molar-refractivity contribution >= 4 is 28.1 Å². The molecule has 0 spiro atoms. The highest BCUT2D eigenvalue weighted by atomic mass is 16.5. The summed E-state index contributed by atoms with van der Waals surface area (Å²) in [6.45, 7) is 2.08. The number of benzene rings is 3. The smallest absolute Gasteiger partial charge is 0.340 e. The van der Waals surface area contributed by atoms with Crippen LogP contribution in [0.25, 0.3) is 10.8 Å². The van der Waals surface area contributed by atoms with E-state index in [1.807, 2.05) is 42.5 Å². The monoisotopic (exact) mass is 334 g/mol. The van der Waals surface area contributed by atoms with Crippen LogP contribution in [0.2, 0.25) is 0 Å². The molecule has 0 N–H and O–H groups in total. The Labute approximate surface area is 145 Å². The number of hydrogen-bond acceptors (Lipinski definition) is 5. The molecular formula is C20H18N2O3. The number of fused-ring (bicyclic) bond motifs is 1. The van der Waals surface area contributed by atoms with Crippen LogP contribution in [0.1, 0.15) is 17.3 Å². The molecule has 0 heterocycles. The van der Waals surface area contributed by atoms with Gasteiger partial charge in [0.25, 0.3) is 0 Å². The van der Waals surface area contributed by atoms with E-state index < -0.39 is 5.97 Å². The molecule has 0 aliphatic heterocycles. The van der Waals surface area contributed by atoms with Gasteiger partial charge in [0.15, 0.2) is 0 Å². The van der Waals surface area contributed by atoms with Crippen molar-refractivity contribution in [3.63, 3.8) is 0 Å². The van der Waals surface area contributed by atoms with E-state index in [0.717, 1.165) is 16.5 Å². The van der Waals surface area contributed by atoms with Crippen molar-refractivity contribution in [2.24, 2.45) is 10.2 Å². The van der Waals surface area contributed by atoms with E-state index >= 15 is 0 Å². The standard InChI is InChI=1S/C20H18N2O3/c1-3-25-20(23)18-13-8-14-6-4-5-7-17(14)19(18)22-21-15-9-11-16(24-2)12-10-15/h4-13H,3H2,1-2H3. The van der Waals surface area contributed by atoms with Crippen molar-refractivity contribution in [1.82, 2.24) is 0 Å². The quantitative estimate of drug-likeness (QED) is 0.461. The normalized spacial score (nSPS) is 11.0. The topological polar surface area (TPSA) is 60.2 Å². The lowest BCUT2D eigenvalue weighted by atomic mass is 10.0. The van der Waals surface area contributed by atoms with Crippen LogP contribution >= 0.6 is 0 Å².